The maximum absolute atomic E-state index is 12.6. The van der Waals surface area contributed by atoms with Crippen LogP contribution in [0.4, 0.5) is 10.5 Å². The number of cyclic esters (lactones) is 1. The summed E-state index contributed by atoms with van der Waals surface area (Å²) in [6.45, 7) is 2.33. The fourth-order valence-corrected chi connectivity index (χ4v) is 3.42. The Balaban J connectivity index is 1.32. The molecule has 0 saturated carbocycles. The molecule has 1 heterocycles. The predicted molar refractivity (Wildman–Crippen MR) is 118 cm³/mol. The van der Waals surface area contributed by atoms with Crippen molar-refractivity contribution in [1.29, 1.82) is 0 Å². The number of benzene rings is 3. The maximum Gasteiger partial charge on any atom is 0.414 e. The van der Waals surface area contributed by atoms with Gasteiger partial charge in [0.2, 0.25) is 0 Å². The van der Waals surface area contributed by atoms with E-state index in [9.17, 15) is 9.59 Å². The summed E-state index contributed by atoms with van der Waals surface area (Å²) in [5.74, 6) is -0.171. The molecule has 1 saturated heterocycles. The van der Waals surface area contributed by atoms with Crippen LogP contribution in [0.5, 0.6) is 0 Å². The fourth-order valence-electron chi connectivity index (χ4n) is 3.42. The summed E-state index contributed by atoms with van der Waals surface area (Å²) in [6.07, 6.45) is -0.358. The molecule has 0 aliphatic carbocycles. The Morgan fingerprint density at radius 2 is 1.61 bits per heavy atom. The smallest absolute Gasteiger partial charge is 0.414 e. The topological polar surface area (TPSA) is 67.9 Å². The van der Waals surface area contributed by atoms with Gasteiger partial charge in [0.05, 0.1) is 19.8 Å². The number of amides is 2. The van der Waals surface area contributed by atoms with Crippen LogP contribution >= 0.6 is 0 Å². The molecule has 31 heavy (non-hydrogen) atoms. The Hall–Kier alpha value is -3.64. The number of ether oxygens (including phenoxy) is 2. The van der Waals surface area contributed by atoms with Gasteiger partial charge in [-0.15, -0.1) is 0 Å². The molecule has 1 aliphatic heterocycles. The van der Waals surface area contributed by atoms with Crippen LogP contribution in [-0.2, 0) is 29.2 Å². The Kier molecular flexibility index (Phi) is 6.59. The molecule has 1 aliphatic rings. The molecule has 2 amide bonds. The molecule has 1 fully saturated rings. The Morgan fingerprint density at radius 3 is 2.32 bits per heavy atom. The van der Waals surface area contributed by atoms with Crippen molar-refractivity contribution < 1.29 is 19.1 Å². The van der Waals surface area contributed by atoms with E-state index in [-0.39, 0.29) is 12.0 Å². The van der Waals surface area contributed by atoms with Crippen LogP contribution in [0.15, 0.2) is 78.9 Å². The molecule has 0 aromatic heterocycles. The molecule has 4 rings (SSSR count). The highest BCUT2D eigenvalue weighted by molar-refractivity contribution is 5.95. The van der Waals surface area contributed by atoms with Crippen LogP contribution in [0, 0.1) is 0 Å². The van der Waals surface area contributed by atoms with Gasteiger partial charge in [-0.2, -0.15) is 0 Å². The first-order chi connectivity index (χ1) is 15.2. The molecule has 6 nitrogen and oxygen atoms in total. The van der Waals surface area contributed by atoms with Crippen LogP contribution in [0.25, 0.3) is 0 Å². The van der Waals surface area contributed by atoms with Crippen molar-refractivity contribution in [2.45, 2.75) is 19.8 Å². The Morgan fingerprint density at radius 1 is 0.903 bits per heavy atom. The van der Waals surface area contributed by atoms with E-state index in [0.29, 0.717) is 38.5 Å². The van der Waals surface area contributed by atoms with Crippen molar-refractivity contribution in [3.05, 3.63) is 101 Å². The number of anilines is 1. The minimum absolute atomic E-state index is 0.171. The van der Waals surface area contributed by atoms with Gasteiger partial charge in [-0.1, -0.05) is 54.6 Å². The third kappa shape index (κ3) is 5.29. The van der Waals surface area contributed by atoms with Crippen LogP contribution in [0.2, 0.25) is 0 Å². The molecule has 6 heteroatoms. The van der Waals surface area contributed by atoms with Crippen molar-refractivity contribution in [2.24, 2.45) is 0 Å². The number of hydrogen-bond acceptors (Lipinski definition) is 4. The SMILES string of the molecule is O=C(NCc1ccccc1COCc1ccccc1)c1ccc(N2CCOC2=O)cc1. The summed E-state index contributed by atoms with van der Waals surface area (Å²) in [7, 11) is 0. The number of nitrogens with zero attached hydrogens (tertiary/aromatic N) is 1. The highest BCUT2D eigenvalue weighted by Crippen LogP contribution is 2.19. The Labute approximate surface area is 181 Å². The lowest BCUT2D eigenvalue weighted by Gasteiger charge is -2.14. The number of carbonyl (C=O) groups is 2. The lowest BCUT2D eigenvalue weighted by atomic mass is 10.1. The van der Waals surface area contributed by atoms with Crippen LogP contribution in [-0.4, -0.2) is 25.2 Å². The first kappa shape index (κ1) is 20.6. The van der Waals surface area contributed by atoms with Gasteiger partial charge in [-0.3, -0.25) is 9.69 Å². The largest absolute Gasteiger partial charge is 0.447 e. The van der Waals surface area contributed by atoms with E-state index in [0.717, 1.165) is 22.4 Å². The van der Waals surface area contributed by atoms with Gasteiger partial charge in [0.1, 0.15) is 6.61 Å². The molecular weight excluding hydrogens is 392 g/mol. The standard InChI is InChI=1S/C25H24N2O4/c28-24(20-10-12-23(13-11-20)27-14-15-31-25(27)29)26-16-21-8-4-5-9-22(21)18-30-17-19-6-2-1-3-7-19/h1-13H,14-18H2,(H,26,28). The molecule has 3 aromatic rings. The van der Waals surface area contributed by atoms with E-state index in [2.05, 4.69) is 5.32 Å². The van der Waals surface area contributed by atoms with Crippen LogP contribution in [0.1, 0.15) is 27.0 Å². The minimum Gasteiger partial charge on any atom is -0.447 e. The highest BCUT2D eigenvalue weighted by Gasteiger charge is 2.23. The fraction of sp³-hybridized carbons (Fsp3) is 0.200. The van der Waals surface area contributed by atoms with Crippen molar-refractivity contribution in [3.63, 3.8) is 0 Å². The molecule has 0 atom stereocenters. The summed E-state index contributed by atoms with van der Waals surface area (Å²) in [5, 5.41) is 2.96. The van der Waals surface area contributed by atoms with Crippen molar-refractivity contribution in [2.75, 3.05) is 18.1 Å². The van der Waals surface area contributed by atoms with Gasteiger partial charge in [-0.25, -0.2) is 4.79 Å². The van der Waals surface area contributed by atoms with Gasteiger partial charge in [0.25, 0.3) is 5.91 Å². The molecule has 0 spiro atoms. The summed E-state index contributed by atoms with van der Waals surface area (Å²) >= 11 is 0. The normalized spacial score (nSPS) is 13.2. The molecule has 0 unspecified atom stereocenters. The second-order valence-electron chi connectivity index (χ2n) is 7.24. The van der Waals surface area contributed by atoms with Crippen molar-refractivity contribution in [1.82, 2.24) is 5.32 Å². The first-order valence-electron chi connectivity index (χ1n) is 10.2. The van der Waals surface area contributed by atoms with Gasteiger partial charge < -0.3 is 14.8 Å². The van der Waals surface area contributed by atoms with E-state index in [1.165, 1.54) is 0 Å². The van der Waals surface area contributed by atoms with Crippen molar-refractivity contribution in [3.8, 4) is 0 Å². The lowest BCUT2D eigenvalue weighted by molar-refractivity contribution is 0.0947. The average Bonchev–Trinajstić information content (AvgIpc) is 3.25. The van der Waals surface area contributed by atoms with E-state index in [1.54, 1.807) is 29.2 Å². The van der Waals surface area contributed by atoms with E-state index < -0.39 is 0 Å². The molecule has 0 radical (unpaired) electrons. The van der Waals surface area contributed by atoms with Gasteiger partial charge in [0.15, 0.2) is 0 Å². The van der Waals surface area contributed by atoms with Crippen LogP contribution in [0.3, 0.4) is 0 Å². The molecule has 158 valence electrons. The zero-order valence-corrected chi connectivity index (χ0v) is 17.1. The zero-order chi connectivity index (χ0) is 21.5. The van der Waals surface area contributed by atoms with E-state index >= 15 is 0 Å². The van der Waals surface area contributed by atoms with Gasteiger partial charge in [0, 0.05) is 17.8 Å². The number of carbonyl (C=O) groups excluding carboxylic acids is 2. The van der Waals surface area contributed by atoms with E-state index in [4.69, 9.17) is 9.47 Å². The van der Waals surface area contributed by atoms with Gasteiger partial charge in [-0.05, 0) is 41.0 Å². The second kappa shape index (κ2) is 9.91. The minimum atomic E-state index is -0.358. The number of nitrogens with one attached hydrogen (secondary N) is 1. The molecule has 1 N–H and O–H groups in total. The summed E-state index contributed by atoms with van der Waals surface area (Å²) in [6, 6.07) is 24.9. The highest BCUT2D eigenvalue weighted by atomic mass is 16.6. The monoisotopic (exact) mass is 416 g/mol. The summed E-state index contributed by atoms with van der Waals surface area (Å²) < 4.78 is 10.8. The average molecular weight is 416 g/mol. The van der Waals surface area contributed by atoms with Crippen molar-refractivity contribution >= 4 is 17.7 Å². The van der Waals surface area contributed by atoms with E-state index in [1.807, 2.05) is 54.6 Å². The maximum atomic E-state index is 12.6. The predicted octanol–water partition coefficient (Wildman–Crippen LogP) is 4.29. The van der Waals surface area contributed by atoms with Gasteiger partial charge >= 0.3 is 6.09 Å². The molecular formula is C25H24N2O4. The number of rotatable bonds is 8. The van der Waals surface area contributed by atoms with Crippen LogP contribution < -0.4 is 10.2 Å². The lowest BCUT2D eigenvalue weighted by Crippen LogP contribution is -2.25. The Bertz CT molecular complexity index is 1030. The third-order valence-corrected chi connectivity index (χ3v) is 5.13. The third-order valence-electron chi connectivity index (χ3n) is 5.13. The second-order valence-corrected chi connectivity index (χ2v) is 7.24. The number of hydrogen-bond donors (Lipinski definition) is 1. The first-order valence-corrected chi connectivity index (χ1v) is 10.2. The molecule has 3 aromatic carbocycles. The molecule has 0 bridgehead atoms. The zero-order valence-electron chi connectivity index (χ0n) is 17.1. The summed E-state index contributed by atoms with van der Waals surface area (Å²) in [4.78, 5) is 25.8. The summed E-state index contributed by atoms with van der Waals surface area (Å²) in [5.41, 5.74) is 4.44. The quantitative estimate of drug-likeness (QED) is 0.595.